The molecule has 3 rings (SSSR count). The van der Waals surface area contributed by atoms with Gasteiger partial charge in [0.15, 0.2) is 0 Å². The molecule has 4 nitrogen and oxygen atoms in total. The average Bonchev–Trinajstić information content (AvgIpc) is 2.84. The van der Waals surface area contributed by atoms with Crippen molar-refractivity contribution in [3.63, 3.8) is 0 Å². The van der Waals surface area contributed by atoms with Crippen LogP contribution in [0.25, 0.3) is 16.8 Å². The van der Waals surface area contributed by atoms with E-state index in [0.717, 1.165) is 28.7 Å². The van der Waals surface area contributed by atoms with E-state index in [0.29, 0.717) is 11.7 Å². The highest BCUT2D eigenvalue weighted by atomic mass is 16.1. The zero-order valence-electron chi connectivity index (χ0n) is 13.0. The summed E-state index contributed by atoms with van der Waals surface area (Å²) in [4.78, 5) is 21.0. The maximum absolute atomic E-state index is 13.0. The Morgan fingerprint density at radius 2 is 1.95 bits per heavy atom. The first kappa shape index (κ1) is 13.9. The van der Waals surface area contributed by atoms with E-state index in [1.807, 2.05) is 24.3 Å². The van der Waals surface area contributed by atoms with Gasteiger partial charge in [-0.15, -0.1) is 0 Å². The molecular formula is C17H21N3O. The second kappa shape index (κ2) is 5.02. The van der Waals surface area contributed by atoms with E-state index in [4.69, 9.17) is 0 Å². The van der Waals surface area contributed by atoms with Crippen molar-refractivity contribution in [1.29, 1.82) is 0 Å². The highest BCUT2D eigenvalue weighted by molar-refractivity contribution is 5.79. The number of H-pyrrole nitrogens is 1. The lowest BCUT2D eigenvalue weighted by molar-refractivity contribution is 0.672. The second-order valence-corrected chi connectivity index (χ2v) is 5.98. The van der Waals surface area contributed by atoms with E-state index in [2.05, 4.69) is 37.7 Å². The van der Waals surface area contributed by atoms with Gasteiger partial charge in [0.25, 0.3) is 5.56 Å². The minimum Gasteiger partial charge on any atom is -0.328 e. The van der Waals surface area contributed by atoms with Crippen LogP contribution in [-0.2, 0) is 0 Å². The molecule has 2 heterocycles. The fourth-order valence-corrected chi connectivity index (χ4v) is 2.89. The van der Waals surface area contributed by atoms with Gasteiger partial charge in [0, 0.05) is 11.3 Å². The molecule has 0 spiro atoms. The van der Waals surface area contributed by atoms with E-state index >= 15 is 0 Å². The Kier molecular flexibility index (Phi) is 3.32. The molecule has 0 bridgehead atoms. The molecule has 1 atom stereocenters. The monoisotopic (exact) mass is 283 g/mol. The Balaban J connectivity index is 2.47. The molecule has 3 aromatic rings. The Bertz CT molecular complexity index is 857. The molecule has 0 radical (unpaired) electrons. The van der Waals surface area contributed by atoms with Crippen molar-refractivity contribution < 1.29 is 0 Å². The third kappa shape index (κ3) is 2.06. The first-order chi connectivity index (χ1) is 10.0. The number of nitrogens with one attached hydrogen (secondary N) is 1. The van der Waals surface area contributed by atoms with Crippen LogP contribution in [0, 0.1) is 0 Å². The van der Waals surface area contributed by atoms with E-state index < -0.39 is 0 Å². The molecule has 0 saturated carbocycles. The van der Waals surface area contributed by atoms with Crippen molar-refractivity contribution in [3.8, 4) is 0 Å². The molecule has 1 N–H and O–H groups in total. The smallest absolute Gasteiger partial charge is 0.263 e. The Morgan fingerprint density at radius 3 is 2.62 bits per heavy atom. The maximum Gasteiger partial charge on any atom is 0.263 e. The molecule has 0 saturated heterocycles. The molecule has 0 aliphatic rings. The summed E-state index contributed by atoms with van der Waals surface area (Å²) in [6, 6.07) is 7.76. The number of benzene rings is 1. The van der Waals surface area contributed by atoms with Gasteiger partial charge in [-0.3, -0.25) is 4.79 Å². The highest BCUT2D eigenvalue weighted by Crippen LogP contribution is 2.25. The summed E-state index contributed by atoms with van der Waals surface area (Å²) in [6.07, 6.45) is 0.992. The standard InChI is InChI=1S/C17H21N3O/c1-5-11(4)15-14(10(2)3)16(21)20-13-9-7-6-8-12(13)18-17(20)19-15/h6-11H,5H2,1-4H3,(H,18,19). The first-order valence-electron chi connectivity index (χ1n) is 7.57. The van der Waals surface area contributed by atoms with Gasteiger partial charge >= 0.3 is 0 Å². The fourth-order valence-electron chi connectivity index (χ4n) is 2.89. The zero-order valence-corrected chi connectivity index (χ0v) is 13.0. The van der Waals surface area contributed by atoms with Crippen LogP contribution in [0.3, 0.4) is 0 Å². The van der Waals surface area contributed by atoms with Crippen LogP contribution in [0.2, 0.25) is 0 Å². The number of para-hydroxylation sites is 2. The van der Waals surface area contributed by atoms with Crippen molar-refractivity contribution in [1.82, 2.24) is 14.4 Å². The van der Waals surface area contributed by atoms with Gasteiger partial charge in [-0.25, -0.2) is 9.38 Å². The summed E-state index contributed by atoms with van der Waals surface area (Å²) in [5.74, 6) is 1.14. The summed E-state index contributed by atoms with van der Waals surface area (Å²) in [6.45, 7) is 8.43. The van der Waals surface area contributed by atoms with Crippen LogP contribution >= 0.6 is 0 Å². The molecule has 21 heavy (non-hydrogen) atoms. The number of imidazole rings is 1. The number of aromatic nitrogens is 3. The maximum atomic E-state index is 13.0. The van der Waals surface area contributed by atoms with Crippen molar-refractivity contribution in [3.05, 3.63) is 45.9 Å². The number of nitrogens with zero attached hydrogens (tertiary/aromatic N) is 2. The molecule has 2 aromatic heterocycles. The van der Waals surface area contributed by atoms with E-state index in [1.54, 1.807) is 4.40 Å². The molecule has 0 aliphatic carbocycles. The number of hydrogen-bond acceptors (Lipinski definition) is 2. The number of fused-ring (bicyclic) bond motifs is 3. The topological polar surface area (TPSA) is 50.2 Å². The van der Waals surface area contributed by atoms with Gasteiger partial charge in [0.1, 0.15) is 0 Å². The summed E-state index contributed by atoms with van der Waals surface area (Å²) in [7, 11) is 0. The normalized spacial score (nSPS) is 13.4. The lowest BCUT2D eigenvalue weighted by Crippen LogP contribution is -2.24. The second-order valence-electron chi connectivity index (χ2n) is 5.98. The van der Waals surface area contributed by atoms with Crippen molar-refractivity contribution in [2.75, 3.05) is 0 Å². The number of hydrogen-bond donors (Lipinski definition) is 1. The largest absolute Gasteiger partial charge is 0.328 e. The van der Waals surface area contributed by atoms with E-state index in [-0.39, 0.29) is 11.5 Å². The molecule has 0 amide bonds. The molecule has 1 unspecified atom stereocenters. The predicted molar refractivity (Wildman–Crippen MR) is 86.1 cm³/mol. The van der Waals surface area contributed by atoms with Gasteiger partial charge in [-0.2, -0.15) is 0 Å². The zero-order chi connectivity index (χ0) is 15.1. The average molecular weight is 283 g/mol. The Morgan fingerprint density at radius 1 is 1.24 bits per heavy atom. The van der Waals surface area contributed by atoms with Crippen molar-refractivity contribution in [2.45, 2.75) is 46.0 Å². The summed E-state index contributed by atoms with van der Waals surface area (Å²) >= 11 is 0. The predicted octanol–water partition coefficient (Wildman–Crippen LogP) is 3.81. The van der Waals surface area contributed by atoms with Crippen molar-refractivity contribution in [2.24, 2.45) is 0 Å². The lowest BCUT2D eigenvalue weighted by Gasteiger charge is -2.17. The minimum absolute atomic E-state index is 0.0581. The third-order valence-electron chi connectivity index (χ3n) is 4.21. The summed E-state index contributed by atoms with van der Waals surface area (Å²) in [5, 5.41) is 0. The minimum atomic E-state index is 0.0581. The van der Waals surface area contributed by atoms with Gasteiger partial charge < -0.3 is 4.98 Å². The van der Waals surface area contributed by atoms with Crippen LogP contribution < -0.4 is 5.56 Å². The van der Waals surface area contributed by atoms with Crippen LogP contribution in [0.1, 0.15) is 57.2 Å². The Hall–Kier alpha value is -2.10. The lowest BCUT2D eigenvalue weighted by atomic mass is 9.94. The molecule has 0 aliphatic heterocycles. The van der Waals surface area contributed by atoms with Crippen LogP contribution in [-0.4, -0.2) is 14.4 Å². The molecule has 4 heteroatoms. The molecule has 1 aromatic carbocycles. The summed E-state index contributed by atoms with van der Waals surface area (Å²) < 4.78 is 1.70. The summed E-state index contributed by atoms with van der Waals surface area (Å²) in [5.41, 5.74) is 3.68. The fraction of sp³-hybridized carbons (Fsp3) is 0.412. The van der Waals surface area contributed by atoms with Crippen molar-refractivity contribution >= 4 is 16.8 Å². The first-order valence-corrected chi connectivity index (χ1v) is 7.57. The van der Waals surface area contributed by atoms with E-state index in [1.165, 1.54) is 0 Å². The van der Waals surface area contributed by atoms with Crippen LogP contribution in [0.4, 0.5) is 0 Å². The molecule has 0 fully saturated rings. The van der Waals surface area contributed by atoms with Crippen LogP contribution in [0.5, 0.6) is 0 Å². The van der Waals surface area contributed by atoms with Crippen LogP contribution in [0.15, 0.2) is 29.1 Å². The van der Waals surface area contributed by atoms with Gasteiger partial charge in [-0.05, 0) is 30.4 Å². The SMILES string of the molecule is CCC(C)c1[nH]c2nc3ccccc3n2c(=O)c1C(C)C. The van der Waals surface area contributed by atoms with Gasteiger partial charge in [0.2, 0.25) is 5.78 Å². The van der Waals surface area contributed by atoms with Gasteiger partial charge in [-0.1, -0.05) is 39.8 Å². The highest BCUT2D eigenvalue weighted by Gasteiger charge is 2.20. The third-order valence-corrected chi connectivity index (χ3v) is 4.21. The quantitative estimate of drug-likeness (QED) is 0.794. The molecule has 110 valence electrons. The number of aromatic amines is 1. The van der Waals surface area contributed by atoms with Gasteiger partial charge in [0.05, 0.1) is 11.0 Å². The molecular weight excluding hydrogens is 262 g/mol. The Labute approximate surface area is 123 Å². The van der Waals surface area contributed by atoms with E-state index in [9.17, 15) is 4.79 Å². The number of rotatable bonds is 3.